The van der Waals surface area contributed by atoms with E-state index in [2.05, 4.69) is 4.72 Å². The number of ether oxygens (including phenoxy) is 1. The summed E-state index contributed by atoms with van der Waals surface area (Å²) in [5, 5.41) is 0. The van der Waals surface area contributed by atoms with Crippen LogP contribution in [-0.4, -0.2) is 51.9 Å². The summed E-state index contributed by atoms with van der Waals surface area (Å²) in [4.78, 5) is 28.9. The van der Waals surface area contributed by atoms with Crippen LogP contribution in [0.15, 0.2) is 47.4 Å². The third kappa shape index (κ3) is 5.59. The van der Waals surface area contributed by atoms with E-state index < -0.39 is 10.0 Å². The van der Waals surface area contributed by atoms with Gasteiger partial charge in [0.1, 0.15) is 5.75 Å². The molecule has 0 aliphatic carbocycles. The Hall–Kier alpha value is -2.91. The molecular formula is C25H31N3O5S. The van der Waals surface area contributed by atoms with Crippen LogP contribution >= 0.6 is 0 Å². The van der Waals surface area contributed by atoms with Crippen LogP contribution in [0, 0.1) is 0 Å². The molecule has 4 rings (SSSR count). The maximum Gasteiger partial charge on any atom is 0.240 e. The highest BCUT2D eigenvalue weighted by Gasteiger charge is 2.27. The van der Waals surface area contributed by atoms with Gasteiger partial charge in [0.25, 0.3) is 0 Å². The molecule has 0 radical (unpaired) electrons. The first-order chi connectivity index (χ1) is 16.4. The molecule has 0 saturated carbocycles. The fourth-order valence-corrected chi connectivity index (χ4v) is 5.53. The number of carbonyl (C=O) groups excluding carboxylic acids is 2. The number of methoxy groups -OCH3 is 1. The molecule has 2 aliphatic heterocycles. The van der Waals surface area contributed by atoms with Crippen LogP contribution in [0.5, 0.6) is 5.75 Å². The zero-order valence-electron chi connectivity index (χ0n) is 19.5. The smallest absolute Gasteiger partial charge is 0.240 e. The minimum absolute atomic E-state index is 0.0387. The lowest BCUT2D eigenvalue weighted by Crippen LogP contribution is -2.37. The molecule has 2 aliphatic rings. The summed E-state index contributed by atoms with van der Waals surface area (Å²) in [6.07, 6.45) is 4.17. The molecule has 2 aromatic carbocycles. The Morgan fingerprint density at radius 1 is 0.941 bits per heavy atom. The molecule has 1 saturated heterocycles. The van der Waals surface area contributed by atoms with E-state index in [9.17, 15) is 18.0 Å². The first-order valence-corrected chi connectivity index (χ1v) is 13.2. The predicted octanol–water partition coefficient (Wildman–Crippen LogP) is 2.86. The molecule has 2 amide bonds. The van der Waals surface area contributed by atoms with Gasteiger partial charge in [-0.2, -0.15) is 0 Å². The fourth-order valence-electron chi connectivity index (χ4n) is 4.46. The number of piperidine rings is 1. The molecule has 0 bridgehead atoms. The number of amides is 2. The van der Waals surface area contributed by atoms with Gasteiger partial charge in [0.15, 0.2) is 0 Å². The summed E-state index contributed by atoms with van der Waals surface area (Å²) in [6, 6.07) is 12.0. The molecule has 2 heterocycles. The molecule has 34 heavy (non-hydrogen) atoms. The van der Waals surface area contributed by atoms with Gasteiger partial charge in [-0.25, -0.2) is 13.1 Å². The van der Waals surface area contributed by atoms with Crippen molar-refractivity contribution in [3.05, 3.63) is 53.6 Å². The van der Waals surface area contributed by atoms with E-state index >= 15 is 0 Å². The van der Waals surface area contributed by atoms with Crippen molar-refractivity contribution in [3.63, 3.8) is 0 Å². The monoisotopic (exact) mass is 485 g/mol. The first-order valence-electron chi connectivity index (χ1n) is 11.7. The molecular weight excluding hydrogens is 454 g/mol. The van der Waals surface area contributed by atoms with Crippen molar-refractivity contribution < 1.29 is 22.7 Å². The Kier molecular flexibility index (Phi) is 7.53. The van der Waals surface area contributed by atoms with Gasteiger partial charge >= 0.3 is 0 Å². The fraction of sp³-hybridized carbons (Fsp3) is 0.440. The van der Waals surface area contributed by atoms with Crippen molar-refractivity contribution >= 4 is 27.5 Å². The summed E-state index contributed by atoms with van der Waals surface area (Å²) >= 11 is 0. The number of fused-ring (bicyclic) bond motifs is 1. The number of anilines is 1. The van der Waals surface area contributed by atoms with Gasteiger partial charge < -0.3 is 14.5 Å². The lowest BCUT2D eigenvalue weighted by Gasteiger charge is -2.27. The third-order valence-corrected chi connectivity index (χ3v) is 7.84. The van der Waals surface area contributed by atoms with Gasteiger partial charge in [-0.3, -0.25) is 9.59 Å². The Morgan fingerprint density at radius 3 is 2.35 bits per heavy atom. The lowest BCUT2D eigenvalue weighted by atomic mass is 10.1. The van der Waals surface area contributed by atoms with Crippen molar-refractivity contribution in [2.24, 2.45) is 0 Å². The van der Waals surface area contributed by atoms with Gasteiger partial charge in [0.2, 0.25) is 21.8 Å². The van der Waals surface area contributed by atoms with Crippen LogP contribution in [0.1, 0.15) is 43.2 Å². The van der Waals surface area contributed by atoms with Gasteiger partial charge in [0, 0.05) is 44.7 Å². The molecule has 8 nitrogen and oxygen atoms in total. The number of hydrogen-bond donors (Lipinski definition) is 1. The summed E-state index contributed by atoms with van der Waals surface area (Å²) < 4.78 is 33.4. The quantitative estimate of drug-likeness (QED) is 0.620. The molecule has 1 fully saturated rings. The predicted molar refractivity (Wildman–Crippen MR) is 129 cm³/mol. The van der Waals surface area contributed by atoms with E-state index in [-0.39, 0.29) is 36.1 Å². The van der Waals surface area contributed by atoms with Gasteiger partial charge in [-0.05, 0) is 67.1 Å². The number of nitrogens with one attached hydrogen (secondary N) is 1. The zero-order valence-corrected chi connectivity index (χ0v) is 20.3. The largest absolute Gasteiger partial charge is 0.497 e. The maximum atomic E-state index is 12.8. The third-order valence-electron chi connectivity index (χ3n) is 6.44. The topological polar surface area (TPSA) is 96.0 Å². The summed E-state index contributed by atoms with van der Waals surface area (Å²) in [5.74, 6) is 0.648. The summed E-state index contributed by atoms with van der Waals surface area (Å²) in [7, 11) is -2.12. The lowest BCUT2D eigenvalue weighted by molar-refractivity contribution is -0.133. The minimum Gasteiger partial charge on any atom is -0.497 e. The first kappa shape index (κ1) is 24.2. The van der Waals surface area contributed by atoms with E-state index in [1.807, 2.05) is 17.0 Å². The SMILES string of the molecule is COc1ccc(CNS(=O)(=O)c2ccc3c(c2)CCN3C(=O)CCC(=O)N2CCCCC2)cc1. The van der Waals surface area contributed by atoms with Crippen LogP contribution in [0.2, 0.25) is 0 Å². The van der Waals surface area contributed by atoms with E-state index in [4.69, 9.17) is 4.74 Å². The molecule has 0 atom stereocenters. The summed E-state index contributed by atoms with van der Waals surface area (Å²) in [5.41, 5.74) is 2.37. The van der Waals surface area contributed by atoms with Crippen LogP contribution in [-0.2, 0) is 32.6 Å². The Morgan fingerprint density at radius 2 is 1.65 bits per heavy atom. The molecule has 0 unspecified atom stereocenters. The maximum absolute atomic E-state index is 12.8. The van der Waals surface area contributed by atoms with E-state index in [0.717, 1.165) is 49.2 Å². The molecule has 1 N–H and O–H groups in total. The van der Waals surface area contributed by atoms with Crippen LogP contribution in [0.4, 0.5) is 5.69 Å². The van der Waals surface area contributed by atoms with Crippen molar-refractivity contribution in [2.45, 2.75) is 50.0 Å². The Balaban J connectivity index is 1.36. The van der Waals surface area contributed by atoms with E-state index in [1.165, 1.54) is 6.07 Å². The molecule has 0 spiro atoms. The van der Waals surface area contributed by atoms with Crippen LogP contribution in [0.25, 0.3) is 0 Å². The zero-order chi connectivity index (χ0) is 24.1. The number of carbonyl (C=O) groups is 2. The standard InChI is InChI=1S/C25H31N3O5S/c1-33-21-7-5-19(6-8-21)18-26-34(31,32)22-9-10-23-20(17-22)13-16-28(23)25(30)12-11-24(29)27-14-3-2-4-15-27/h5-10,17,26H,2-4,11-16,18H2,1H3. The average Bonchev–Trinajstić information content (AvgIpc) is 3.30. The van der Waals surface area contributed by atoms with Crippen molar-refractivity contribution in [1.29, 1.82) is 0 Å². The van der Waals surface area contributed by atoms with E-state index in [1.54, 1.807) is 36.3 Å². The second kappa shape index (κ2) is 10.6. The van der Waals surface area contributed by atoms with E-state index in [0.29, 0.717) is 18.7 Å². The highest BCUT2D eigenvalue weighted by Crippen LogP contribution is 2.31. The number of nitrogens with zero attached hydrogens (tertiary/aromatic N) is 2. The highest BCUT2D eigenvalue weighted by molar-refractivity contribution is 7.89. The van der Waals surface area contributed by atoms with Gasteiger partial charge in [-0.1, -0.05) is 12.1 Å². The molecule has 0 aromatic heterocycles. The van der Waals surface area contributed by atoms with Crippen LogP contribution < -0.4 is 14.4 Å². The number of likely N-dealkylation sites (tertiary alicyclic amines) is 1. The number of hydrogen-bond acceptors (Lipinski definition) is 5. The van der Waals surface area contributed by atoms with Crippen molar-refractivity contribution in [1.82, 2.24) is 9.62 Å². The Labute approximate surface area is 200 Å². The average molecular weight is 486 g/mol. The highest BCUT2D eigenvalue weighted by atomic mass is 32.2. The number of benzene rings is 2. The normalized spacial score (nSPS) is 15.8. The molecule has 2 aromatic rings. The van der Waals surface area contributed by atoms with Crippen molar-refractivity contribution in [2.75, 3.05) is 31.6 Å². The minimum atomic E-state index is -3.70. The summed E-state index contributed by atoms with van der Waals surface area (Å²) in [6.45, 7) is 2.22. The molecule has 9 heteroatoms. The van der Waals surface area contributed by atoms with Crippen LogP contribution in [0.3, 0.4) is 0 Å². The van der Waals surface area contributed by atoms with Gasteiger partial charge in [0.05, 0.1) is 12.0 Å². The number of rotatable bonds is 8. The molecule has 182 valence electrons. The second-order valence-electron chi connectivity index (χ2n) is 8.70. The number of sulfonamides is 1. The van der Waals surface area contributed by atoms with Gasteiger partial charge in [-0.15, -0.1) is 0 Å². The van der Waals surface area contributed by atoms with Crippen molar-refractivity contribution in [3.8, 4) is 5.75 Å². The second-order valence-corrected chi connectivity index (χ2v) is 10.5. The Bertz CT molecular complexity index is 1140.